The standard InChI is InChI=1S/C18H12Cl3F3O/c1-10(25)12-5-2-11(3-6-12)4-7-14(18(22,23)24)13-8-15(19)17(21)16(20)9-13/h2-9,14H,1H3/b7-4+. The molecule has 132 valence electrons. The maximum absolute atomic E-state index is 13.4. The van der Waals surface area contributed by atoms with Crippen LogP contribution >= 0.6 is 34.8 Å². The largest absolute Gasteiger partial charge is 0.399 e. The third kappa shape index (κ3) is 5.00. The first-order valence-electron chi connectivity index (χ1n) is 7.10. The number of rotatable bonds is 4. The minimum absolute atomic E-state index is 0.0109. The first-order valence-corrected chi connectivity index (χ1v) is 8.23. The topological polar surface area (TPSA) is 17.1 Å². The Morgan fingerprint density at radius 1 is 1.04 bits per heavy atom. The average molecular weight is 408 g/mol. The van der Waals surface area contributed by atoms with Gasteiger partial charge in [0.2, 0.25) is 0 Å². The highest BCUT2D eigenvalue weighted by molar-refractivity contribution is 6.48. The van der Waals surface area contributed by atoms with E-state index in [1.165, 1.54) is 13.0 Å². The van der Waals surface area contributed by atoms with Crippen LogP contribution in [-0.4, -0.2) is 12.0 Å². The minimum Gasteiger partial charge on any atom is -0.295 e. The zero-order valence-electron chi connectivity index (χ0n) is 12.9. The zero-order chi connectivity index (χ0) is 18.8. The lowest BCUT2D eigenvalue weighted by Gasteiger charge is -2.18. The van der Waals surface area contributed by atoms with Crippen molar-refractivity contribution in [3.05, 3.63) is 74.2 Å². The molecule has 0 radical (unpaired) electrons. The minimum atomic E-state index is -4.53. The Balaban J connectivity index is 2.37. The molecule has 0 spiro atoms. The van der Waals surface area contributed by atoms with Crippen molar-refractivity contribution in [2.75, 3.05) is 0 Å². The summed E-state index contributed by atoms with van der Waals surface area (Å²) in [6, 6.07) is 8.56. The molecule has 7 heteroatoms. The van der Waals surface area contributed by atoms with Gasteiger partial charge in [-0.05, 0) is 30.2 Å². The monoisotopic (exact) mass is 406 g/mol. The summed E-state index contributed by atoms with van der Waals surface area (Å²) in [6.45, 7) is 1.42. The molecular formula is C18H12Cl3F3O. The summed E-state index contributed by atoms with van der Waals surface area (Å²) in [5.74, 6) is -2.01. The summed E-state index contributed by atoms with van der Waals surface area (Å²) in [4.78, 5) is 11.2. The van der Waals surface area contributed by atoms with E-state index in [1.807, 2.05) is 0 Å². The van der Waals surface area contributed by atoms with Gasteiger partial charge in [-0.25, -0.2) is 0 Å². The molecule has 1 unspecified atom stereocenters. The molecular weight excluding hydrogens is 396 g/mol. The van der Waals surface area contributed by atoms with Crippen molar-refractivity contribution in [2.45, 2.75) is 19.0 Å². The van der Waals surface area contributed by atoms with Crippen molar-refractivity contribution in [3.8, 4) is 0 Å². The van der Waals surface area contributed by atoms with Crippen LogP contribution in [0.3, 0.4) is 0 Å². The Labute approximate surface area is 158 Å². The summed E-state index contributed by atoms with van der Waals surface area (Å²) < 4.78 is 40.3. The number of hydrogen-bond acceptors (Lipinski definition) is 1. The van der Waals surface area contributed by atoms with Gasteiger partial charge in [0.05, 0.1) is 21.0 Å². The molecule has 2 aromatic carbocycles. The van der Waals surface area contributed by atoms with E-state index in [2.05, 4.69) is 0 Å². The molecule has 2 aromatic rings. The van der Waals surface area contributed by atoms with E-state index in [1.54, 1.807) is 24.3 Å². The van der Waals surface area contributed by atoms with Gasteiger partial charge < -0.3 is 0 Å². The summed E-state index contributed by atoms with van der Waals surface area (Å²) >= 11 is 17.5. The molecule has 0 amide bonds. The quantitative estimate of drug-likeness (QED) is 0.386. The van der Waals surface area contributed by atoms with Crippen molar-refractivity contribution in [1.82, 2.24) is 0 Å². The van der Waals surface area contributed by atoms with Gasteiger partial charge in [0.25, 0.3) is 0 Å². The van der Waals surface area contributed by atoms with Crippen LogP contribution in [0, 0.1) is 0 Å². The van der Waals surface area contributed by atoms with Crippen LogP contribution in [0.15, 0.2) is 42.5 Å². The molecule has 25 heavy (non-hydrogen) atoms. The van der Waals surface area contributed by atoms with Crippen LogP contribution in [0.5, 0.6) is 0 Å². The van der Waals surface area contributed by atoms with Crippen molar-refractivity contribution in [1.29, 1.82) is 0 Å². The van der Waals surface area contributed by atoms with E-state index in [0.29, 0.717) is 11.1 Å². The van der Waals surface area contributed by atoms with Gasteiger partial charge in [0.15, 0.2) is 5.78 Å². The number of hydrogen-bond donors (Lipinski definition) is 0. The number of Topliss-reactive ketones (excluding diaryl/α,β-unsaturated/α-hetero) is 1. The highest BCUT2D eigenvalue weighted by Gasteiger charge is 2.39. The molecule has 0 bridgehead atoms. The average Bonchev–Trinajstić information content (AvgIpc) is 2.51. The van der Waals surface area contributed by atoms with E-state index in [4.69, 9.17) is 34.8 Å². The summed E-state index contributed by atoms with van der Waals surface area (Å²) in [5, 5.41) is -0.0768. The van der Waals surface area contributed by atoms with E-state index < -0.39 is 12.1 Å². The number of alkyl halides is 3. The fraction of sp³-hybridized carbons (Fsp3) is 0.167. The second-order valence-electron chi connectivity index (χ2n) is 5.36. The highest BCUT2D eigenvalue weighted by Crippen LogP contribution is 2.41. The Morgan fingerprint density at radius 2 is 1.56 bits per heavy atom. The van der Waals surface area contributed by atoms with Gasteiger partial charge in [-0.1, -0.05) is 71.2 Å². The Hall–Kier alpha value is -1.49. The predicted octanol–water partition coefficient (Wildman–Crippen LogP) is 7.21. The normalized spacial score (nSPS) is 13.2. The van der Waals surface area contributed by atoms with Crippen molar-refractivity contribution >= 4 is 46.7 Å². The molecule has 0 heterocycles. The van der Waals surface area contributed by atoms with Gasteiger partial charge in [0, 0.05) is 5.56 Å². The number of ketones is 1. The molecule has 0 N–H and O–H groups in total. The zero-order valence-corrected chi connectivity index (χ0v) is 15.1. The highest BCUT2D eigenvalue weighted by atomic mass is 35.5. The molecule has 0 fully saturated rings. The predicted molar refractivity (Wildman–Crippen MR) is 95.7 cm³/mol. The van der Waals surface area contributed by atoms with Crippen LogP contribution in [0.2, 0.25) is 15.1 Å². The number of carbonyl (C=O) groups excluding carboxylic acids is 1. The van der Waals surface area contributed by atoms with E-state index in [9.17, 15) is 18.0 Å². The maximum Gasteiger partial charge on any atom is 0.399 e. The molecule has 2 rings (SSSR count). The van der Waals surface area contributed by atoms with Gasteiger partial charge in [-0.3, -0.25) is 4.79 Å². The molecule has 0 saturated carbocycles. The van der Waals surface area contributed by atoms with Gasteiger partial charge in [0.1, 0.15) is 0 Å². The van der Waals surface area contributed by atoms with Crippen LogP contribution in [0.1, 0.15) is 34.3 Å². The molecule has 0 aliphatic carbocycles. The number of allylic oxidation sites excluding steroid dienone is 1. The number of benzene rings is 2. The molecule has 0 aliphatic heterocycles. The second kappa shape index (κ2) is 7.81. The maximum atomic E-state index is 13.4. The van der Waals surface area contributed by atoms with Gasteiger partial charge in [-0.15, -0.1) is 0 Å². The SMILES string of the molecule is CC(=O)c1ccc(/C=C/C(c2cc(Cl)c(Cl)c(Cl)c2)C(F)(F)F)cc1. The smallest absolute Gasteiger partial charge is 0.295 e. The number of halogens is 6. The van der Waals surface area contributed by atoms with E-state index in [-0.39, 0.29) is 26.4 Å². The molecule has 1 atom stereocenters. The van der Waals surface area contributed by atoms with Gasteiger partial charge in [-0.2, -0.15) is 13.2 Å². The van der Waals surface area contributed by atoms with E-state index >= 15 is 0 Å². The third-order valence-electron chi connectivity index (χ3n) is 3.52. The molecule has 1 nitrogen and oxygen atoms in total. The first-order chi connectivity index (χ1) is 11.6. The fourth-order valence-electron chi connectivity index (χ4n) is 2.20. The summed E-state index contributed by atoms with van der Waals surface area (Å²) in [5.41, 5.74) is 0.912. The van der Waals surface area contributed by atoms with Gasteiger partial charge >= 0.3 is 6.18 Å². The first kappa shape index (κ1) is 19.8. The lowest BCUT2D eigenvalue weighted by atomic mass is 9.97. The second-order valence-corrected chi connectivity index (χ2v) is 6.55. The lowest BCUT2D eigenvalue weighted by Crippen LogP contribution is -2.19. The van der Waals surface area contributed by atoms with Crippen LogP contribution in [0.25, 0.3) is 6.08 Å². The summed E-state index contributed by atoms with van der Waals surface area (Å²) in [6.07, 6.45) is -2.19. The van der Waals surface area contributed by atoms with Crippen LogP contribution in [0.4, 0.5) is 13.2 Å². The number of carbonyl (C=O) groups is 1. The Kier molecular flexibility index (Phi) is 6.20. The van der Waals surface area contributed by atoms with Crippen LogP contribution < -0.4 is 0 Å². The molecule has 0 saturated heterocycles. The Morgan fingerprint density at radius 3 is 2.00 bits per heavy atom. The lowest BCUT2D eigenvalue weighted by molar-refractivity contribution is -0.139. The van der Waals surface area contributed by atoms with Crippen molar-refractivity contribution in [2.24, 2.45) is 0 Å². The Bertz CT molecular complexity index is 788. The van der Waals surface area contributed by atoms with Crippen molar-refractivity contribution < 1.29 is 18.0 Å². The van der Waals surface area contributed by atoms with E-state index in [0.717, 1.165) is 18.2 Å². The summed E-state index contributed by atoms with van der Waals surface area (Å²) in [7, 11) is 0. The molecule has 0 aliphatic rings. The van der Waals surface area contributed by atoms with Crippen molar-refractivity contribution in [3.63, 3.8) is 0 Å². The molecule has 0 aromatic heterocycles. The third-order valence-corrected chi connectivity index (χ3v) is 4.71. The van der Waals surface area contributed by atoms with Crippen LogP contribution in [-0.2, 0) is 0 Å². The fourth-order valence-corrected chi connectivity index (χ4v) is 2.81.